The molecule has 5 nitrogen and oxygen atoms in total. The molecule has 0 aliphatic rings. The molecule has 0 atom stereocenters. The Morgan fingerprint density at radius 2 is 2.05 bits per heavy atom. The van der Waals surface area contributed by atoms with E-state index in [1.807, 2.05) is 34.9 Å². The van der Waals surface area contributed by atoms with Gasteiger partial charge in [0.2, 0.25) is 0 Å². The number of halogens is 1. The topological polar surface area (TPSA) is 49.2 Å². The van der Waals surface area contributed by atoms with Gasteiger partial charge in [0.1, 0.15) is 22.8 Å². The Hall–Kier alpha value is -2.27. The van der Waals surface area contributed by atoms with Gasteiger partial charge in [-0.2, -0.15) is 0 Å². The number of aromatic nitrogens is 3. The minimum absolute atomic E-state index is 0.275. The Bertz CT molecular complexity index is 786. The first-order valence-electron chi connectivity index (χ1n) is 6.39. The lowest BCUT2D eigenvalue weighted by Gasteiger charge is -2.13. The van der Waals surface area contributed by atoms with E-state index in [1.165, 1.54) is 0 Å². The van der Waals surface area contributed by atoms with Crippen molar-refractivity contribution in [1.82, 2.24) is 14.5 Å². The van der Waals surface area contributed by atoms with Crippen LogP contribution in [0.4, 0.5) is 0 Å². The maximum atomic E-state index is 6.04. The van der Waals surface area contributed by atoms with Crippen LogP contribution in [-0.2, 0) is 5.88 Å². The fourth-order valence-corrected chi connectivity index (χ4v) is 2.45. The molecule has 0 unspecified atom stereocenters. The quantitative estimate of drug-likeness (QED) is 0.695. The second-order valence-electron chi connectivity index (χ2n) is 4.38. The van der Waals surface area contributed by atoms with Crippen molar-refractivity contribution < 1.29 is 9.47 Å². The first-order valence-corrected chi connectivity index (χ1v) is 6.92. The molecule has 108 valence electrons. The van der Waals surface area contributed by atoms with Crippen molar-refractivity contribution in [1.29, 1.82) is 0 Å². The second-order valence-corrected chi connectivity index (χ2v) is 4.65. The number of imidazole rings is 1. The van der Waals surface area contributed by atoms with Crippen molar-refractivity contribution in [3.05, 3.63) is 42.4 Å². The molecule has 3 rings (SSSR count). The summed E-state index contributed by atoms with van der Waals surface area (Å²) in [5.74, 6) is 2.41. The molecule has 2 aromatic heterocycles. The van der Waals surface area contributed by atoms with Crippen molar-refractivity contribution >= 4 is 22.8 Å². The molecule has 0 radical (unpaired) electrons. The van der Waals surface area contributed by atoms with Gasteiger partial charge in [-0.3, -0.25) is 4.57 Å². The lowest BCUT2D eigenvalue weighted by atomic mass is 10.2. The molecule has 0 spiro atoms. The van der Waals surface area contributed by atoms with E-state index in [-0.39, 0.29) is 5.88 Å². The van der Waals surface area contributed by atoms with E-state index in [1.54, 1.807) is 20.4 Å². The van der Waals surface area contributed by atoms with E-state index in [9.17, 15) is 0 Å². The normalized spacial score (nSPS) is 10.8. The van der Waals surface area contributed by atoms with Crippen LogP contribution in [-0.4, -0.2) is 28.8 Å². The number of nitrogens with zero attached hydrogens (tertiary/aromatic N) is 3. The number of alkyl halides is 1. The zero-order valence-corrected chi connectivity index (χ0v) is 12.5. The molecule has 0 saturated carbocycles. The summed E-state index contributed by atoms with van der Waals surface area (Å²) in [6, 6.07) is 9.32. The zero-order valence-electron chi connectivity index (χ0n) is 11.7. The van der Waals surface area contributed by atoms with E-state index >= 15 is 0 Å². The lowest BCUT2D eigenvalue weighted by Crippen LogP contribution is -2.03. The van der Waals surface area contributed by atoms with Crippen molar-refractivity contribution in [3.63, 3.8) is 0 Å². The molecule has 0 amide bonds. The summed E-state index contributed by atoms with van der Waals surface area (Å²) in [7, 11) is 3.25. The molecular formula is C15H14ClN3O2. The predicted molar refractivity (Wildman–Crippen MR) is 81.5 cm³/mol. The van der Waals surface area contributed by atoms with Gasteiger partial charge in [0.05, 0.1) is 25.8 Å². The Balaban J connectivity index is 2.33. The standard InChI is InChI=1S/C15H14ClN3O2/c1-20-10-5-6-13(21-2)12(8-10)19-14(9-16)18-11-4-3-7-17-15(11)19/h3-8H,9H2,1-2H3. The average Bonchev–Trinajstić information content (AvgIpc) is 2.92. The first-order chi connectivity index (χ1) is 10.3. The van der Waals surface area contributed by atoms with Gasteiger partial charge < -0.3 is 9.47 Å². The van der Waals surface area contributed by atoms with Gasteiger partial charge >= 0.3 is 0 Å². The van der Waals surface area contributed by atoms with E-state index in [0.29, 0.717) is 11.6 Å². The van der Waals surface area contributed by atoms with Gasteiger partial charge in [0.25, 0.3) is 0 Å². The molecule has 3 aromatic rings. The van der Waals surface area contributed by atoms with Crippen LogP contribution in [0.15, 0.2) is 36.5 Å². The Labute approximate surface area is 127 Å². The third kappa shape index (κ3) is 2.29. The molecule has 0 aliphatic heterocycles. The van der Waals surface area contributed by atoms with Gasteiger partial charge in [-0.25, -0.2) is 9.97 Å². The zero-order chi connectivity index (χ0) is 14.8. The highest BCUT2D eigenvalue weighted by Gasteiger charge is 2.16. The fourth-order valence-electron chi connectivity index (χ4n) is 2.27. The average molecular weight is 304 g/mol. The third-order valence-electron chi connectivity index (χ3n) is 3.23. The van der Waals surface area contributed by atoms with Gasteiger partial charge in [-0.15, -0.1) is 11.6 Å². The molecule has 2 heterocycles. The van der Waals surface area contributed by atoms with E-state index in [4.69, 9.17) is 21.1 Å². The summed E-state index contributed by atoms with van der Waals surface area (Å²) in [6.07, 6.45) is 1.73. The van der Waals surface area contributed by atoms with Crippen molar-refractivity contribution in [3.8, 4) is 17.2 Å². The molecule has 21 heavy (non-hydrogen) atoms. The molecule has 0 saturated heterocycles. The van der Waals surface area contributed by atoms with Crippen LogP contribution in [0.1, 0.15) is 5.82 Å². The van der Waals surface area contributed by atoms with Crippen LogP contribution >= 0.6 is 11.6 Å². The molecule has 0 aliphatic carbocycles. The Morgan fingerprint density at radius 3 is 2.76 bits per heavy atom. The van der Waals surface area contributed by atoms with Crippen LogP contribution in [0.3, 0.4) is 0 Å². The van der Waals surface area contributed by atoms with Crippen molar-refractivity contribution in [2.45, 2.75) is 5.88 Å². The summed E-state index contributed by atoms with van der Waals surface area (Å²) < 4.78 is 12.6. The van der Waals surface area contributed by atoms with Gasteiger partial charge in [0, 0.05) is 12.3 Å². The summed E-state index contributed by atoms with van der Waals surface area (Å²) in [5.41, 5.74) is 2.33. The van der Waals surface area contributed by atoms with Gasteiger partial charge in [-0.1, -0.05) is 0 Å². The molecule has 0 N–H and O–H groups in total. The smallest absolute Gasteiger partial charge is 0.164 e. The summed E-state index contributed by atoms with van der Waals surface area (Å²) in [5, 5.41) is 0. The van der Waals surface area contributed by atoms with E-state index in [0.717, 1.165) is 22.6 Å². The van der Waals surface area contributed by atoms with Crippen LogP contribution in [0, 0.1) is 0 Å². The van der Waals surface area contributed by atoms with Crippen LogP contribution < -0.4 is 9.47 Å². The van der Waals surface area contributed by atoms with Crippen molar-refractivity contribution in [2.24, 2.45) is 0 Å². The largest absolute Gasteiger partial charge is 0.497 e. The number of pyridine rings is 1. The monoisotopic (exact) mass is 303 g/mol. The summed E-state index contributed by atoms with van der Waals surface area (Å²) >= 11 is 6.04. The van der Waals surface area contributed by atoms with Crippen LogP contribution in [0.5, 0.6) is 11.5 Å². The molecule has 6 heteroatoms. The minimum Gasteiger partial charge on any atom is -0.497 e. The van der Waals surface area contributed by atoms with E-state index < -0.39 is 0 Å². The molecule has 0 bridgehead atoms. The van der Waals surface area contributed by atoms with Crippen LogP contribution in [0.2, 0.25) is 0 Å². The summed E-state index contributed by atoms with van der Waals surface area (Å²) in [6.45, 7) is 0. The maximum Gasteiger partial charge on any atom is 0.164 e. The molecule has 1 aromatic carbocycles. The van der Waals surface area contributed by atoms with Crippen molar-refractivity contribution in [2.75, 3.05) is 14.2 Å². The molecule has 0 fully saturated rings. The lowest BCUT2D eigenvalue weighted by molar-refractivity contribution is 0.401. The first kappa shape index (κ1) is 13.7. The number of hydrogen-bond donors (Lipinski definition) is 0. The minimum atomic E-state index is 0.275. The number of rotatable bonds is 4. The second kappa shape index (κ2) is 5.61. The highest BCUT2D eigenvalue weighted by atomic mass is 35.5. The Morgan fingerprint density at radius 1 is 1.19 bits per heavy atom. The number of hydrogen-bond acceptors (Lipinski definition) is 4. The highest BCUT2D eigenvalue weighted by Crippen LogP contribution is 2.31. The predicted octanol–water partition coefficient (Wildman–Crippen LogP) is 3.18. The van der Waals surface area contributed by atoms with E-state index in [2.05, 4.69) is 9.97 Å². The number of benzene rings is 1. The number of methoxy groups -OCH3 is 2. The highest BCUT2D eigenvalue weighted by molar-refractivity contribution is 6.17. The fraction of sp³-hybridized carbons (Fsp3) is 0.200. The number of fused-ring (bicyclic) bond motifs is 1. The summed E-state index contributed by atoms with van der Waals surface area (Å²) in [4.78, 5) is 8.91. The third-order valence-corrected chi connectivity index (χ3v) is 3.47. The van der Waals surface area contributed by atoms with Gasteiger partial charge in [-0.05, 0) is 24.3 Å². The SMILES string of the molecule is COc1ccc(OC)c(-n2c(CCl)nc3cccnc32)c1. The molecular weight excluding hydrogens is 290 g/mol. The maximum absolute atomic E-state index is 6.04. The number of ether oxygens (including phenoxy) is 2. The van der Waals surface area contributed by atoms with Crippen LogP contribution in [0.25, 0.3) is 16.9 Å². The van der Waals surface area contributed by atoms with Gasteiger partial charge in [0.15, 0.2) is 5.65 Å². The Kier molecular flexibility index (Phi) is 3.66.